The number of nitrogens with zero attached hydrogens (tertiary/aromatic N) is 2. The van der Waals surface area contributed by atoms with Crippen molar-refractivity contribution in [2.24, 2.45) is 5.84 Å². The zero-order chi connectivity index (χ0) is 11.3. The summed E-state index contributed by atoms with van der Waals surface area (Å²) in [5.74, 6) is 4.68. The van der Waals surface area contributed by atoms with Crippen molar-refractivity contribution in [1.82, 2.24) is 15.2 Å². The van der Waals surface area contributed by atoms with E-state index in [1.807, 2.05) is 12.3 Å². The Morgan fingerprint density at radius 1 is 1.60 bits per heavy atom. The molecule has 0 radical (unpaired) electrons. The summed E-state index contributed by atoms with van der Waals surface area (Å²) < 4.78 is 1.35. The van der Waals surface area contributed by atoms with Gasteiger partial charge in [-0.25, -0.2) is 10.5 Å². The van der Waals surface area contributed by atoms with Gasteiger partial charge in [0.25, 0.3) is 5.56 Å². The maximum Gasteiger partial charge on any atom is 0.266 e. The van der Waals surface area contributed by atoms with Gasteiger partial charge in [-0.1, -0.05) is 0 Å². The number of aromatic nitrogens is 2. The first-order valence-electron chi connectivity index (χ1n) is 4.67. The van der Waals surface area contributed by atoms with Crippen LogP contribution in [0.3, 0.4) is 0 Å². The number of hydrogen-bond acceptors (Lipinski definition) is 4. The third-order valence-electron chi connectivity index (χ3n) is 1.93. The molecule has 1 amide bonds. The highest BCUT2D eigenvalue weighted by Gasteiger charge is 2.01. The van der Waals surface area contributed by atoms with Gasteiger partial charge in [-0.3, -0.25) is 15.0 Å². The zero-order valence-electron chi connectivity index (χ0n) is 8.56. The van der Waals surface area contributed by atoms with Crippen molar-refractivity contribution in [1.29, 1.82) is 0 Å². The van der Waals surface area contributed by atoms with Crippen molar-refractivity contribution < 1.29 is 4.79 Å². The number of amides is 1. The molecular weight excluding hydrogens is 196 g/mol. The van der Waals surface area contributed by atoms with Crippen molar-refractivity contribution >= 4 is 5.91 Å². The summed E-state index contributed by atoms with van der Waals surface area (Å²) in [4.78, 5) is 22.1. The van der Waals surface area contributed by atoms with Gasteiger partial charge in [0.15, 0.2) is 0 Å². The number of aryl methyl sites for hydroxylation is 2. The SMILES string of the molecule is Cc1ccc(=O)n(CCCC(=O)NN)n1. The minimum absolute atomic E-state index is 0.159. The van der Waals surface area contributed by atoms with Crippen LogP contribution in [0.2, 0.25) is 0 Å². The summed E-state index contributed by atoms with van der Waals surface area (Å²) in [5, 5.41) is 4.04. The van der Waals surface area contributed by atoms with E-state index in [1.165, 1.54) is 10.7 Å². The zero-order valence-corrected chi connectivity index (χ0v) is 8.56. The average molecular weight is 210 g/mol. The normalized spacial score (nSPS) is 10.0. The molecule has 0 spiro atoms. The van der Waals surface area contributed by atoms with Crippen LogP contribution in [0.15, 0.2) is 16.9 Å². The second-order valence-electron chi connectivity index (χ2n) is 3.21. The average Bonchev–Trinajstić information content (AvgIpc) is 2.23. The summed E-state index contributed by atoms with van der Waals surface area (Å²) in [6, 6.07) is 3.12. The number of nitrogens with one attached hydrogen (secondary N) is 1. The van der Waals surface area contributed by atoms with Gasteiger partial charge in [-0.05, 0) is 19.4 Å². The molecule has 0 aliphatic carbocycles. The van der Waals surface area contributed by atoms with E-state index in [4.69, 9.17) is 5.84 Å². The Labute approximate surface area is 87.1 Å². The molecule has 0 saturated heterocycles. The monoisotopic (exact) mass is 210 g/mol. The Hall–Kier alpha value is -1.69. The van der Waals surface area contributed by atoms with Gasteiger partial charge in [-0.15, -0.1) is 0 Å². The Bertz CT molecular complexity index is 399. The molecule has 0 aromatic carbocycles. The summed E-state index contributed by atoms with van der Waals surface area (Å²) in [5.41, 5.74) is 2.65. The maximum atomic E-state index is 11.3. The van der Waals surface area contributed by atoms with Crippen LogP contribution in [0.4, 0.5) is 0 Å². The number of rotatable bonds is 4. The molecule has 0 saturated carbocycles. The molecule has 0 aliphatic rings. The number of hydrazine groups is 1. The molecule has 1 aromatic rings. The Morgan fingerprint density at radius 3 is 3.00 bits per heavy atom. The molecule has 15 heavy (non-hydrogen) atoms. The summed E-state index contributed by atoms with van der Waals surface area (Å²) in [6.45, 7) is 2.23. The fourth-order valence-corrected chi connectivity index (χ4v) is 1.17. The second-order valence-corrected chi connectivity index (χ2v) is 3.21. The summed E-state index contributed by atoms with van der Waals surface area (Å²) in [7, 11) is 0. The molecule has 3 N–H and O–H groups in total. The molecule has 6 heteroatoms. The molecule has 1 aromatic heterocycles. The highest BCUT2D eigenvalue weighted by atomic mass is 16.2. The lowest BCUT2D eigenvalue weighted by molar-refractivity contribution is -0.121. The van der Waals surface area contributed by atoms with Crippen LogP contribution in [0.25, 0.3) is 0 Å². The van der Waals surface area contributed by atoms with Crippen LogP contribution in [-0.2, 0) is 11.3 Å². The Balaban J connectivity index is 2.54. The Kier molecular flexibility index (Phi) is 3.99. The van der Waals surface area contributed by atoms with Gasteiger partial charge < -0.3 is 0 Å². The summed E-state index contributed by atoms with van der Waals surface area (Å²) in [6.07, 6.45) is 0.831. The number of carbonyl (C=O) groups is 1. The lowest BCUT2D eigenvalue weighted by atomic mass is 10.3. The topological polar surface area (TPSA) is 90.0 Å². The minimum atomic E-state index is -0.240. The predicted molar refractivity (Wildman–Crippen MR) is 54.8 cm³/mol. The lowest BCUT2D eigenvalue weighted by Gasteiger charge is -2.04. The molecule has 0 aliphatic heterocycles. The first-order chi connectivity index (χ1) is 7.13. The van der Waals surface area contributed by atoms with Gasteiger partial charge in [0, 0.05) is 19.0 Å². The fourth-order valence-electron chi connectivity index (χ4n) is 1.17. The lowest BCUT2D eigenvalue weighted by Crippen LogP contribution is -2.30. The van der Waals surface area contributed by atoms with Crippen molar-refractivity contribution in [2.75, 3.05) is 0 Å². The molecule has 0 fully saturated rings. The maximum absolute atomic E-state index is 11.3. The van der Waals surface area contributed by atoms with E-state index >= 15 is 0 Å². The third kappa shape index (κ3) is 3.51. The standard InChI is InChI=1S/C9H14N4O2/c1-7-4-5-9(15)13(12-7)6-2-3-8(14)11-10/h4-5H,2-3,6,10H2,1H3,(H,11,14). The second kappa shape index (κ2) is 5.26. The van der Waals surface area contributed by atoms with Crippen molar-refractivity contribution in [3.05, 3.63) is 28.2 Å². The predicted octanol–water partition coefficient (Wildman–Crippen LogP) is -0.678. The van der Waals surface area contributed by atoms with E-state index in [0.29, 0.717) is 19.4 Å². The van der Waals surface area contributed by atoms with E-state index in [2.05, 4.69) is 5.10 Å². The van der Waals surface area contributed by atoms with Gasteiger partial charge >= 0.3 is 0 Å². The van der Waals surface area contributed by atoms with E-state index in [1.54, 1.807) is 6.07 Å². The molecule has 1 heterocycles. The Morgan fingerprint density at radius 2 is 2.33 bits per heavy atom. The third-order valence-corrected chi connectivity index (χ3v) is 1.93. The molecule has 0 unspecified atom stereocenters. The van der Waals surface area contributed by atoms with Crippen LogP contribution < -0.4 is 16.8 Å². The van der Waals surface area contributed by atoms with Gasteiger partial charge in [0.05, 0.1) is 5.69 Å². The van der Waals surface area contributed by atoms with Crippen LogP contribution in [0.1, 0.15) is 18.5 Å². The van der Waals surface area contributed by atoms with E-state index in [0.717, 1.165) is 5.69 Å². The number of hydrogen-bond donors (Lipinski definition) is 2. The number of nitrogens with two attached hydrogens (primary N) is 1. The largest absolute Gasteiger partial charge is 0.294 e. The highest BCUT2D eigenvalue weighted by Crippen LogP contribution is 1.92. The van der Waals surface area contributed by atoms with Crippen molar-refractivity contribution in [3.8, 4) is 0 Å². The molecule has 6 nitrogen and oxygen atoms in total. The number of carbonyl (C=O) groups excluding carboxylic acids is 1. The van der Waals surface area contributed by atoms with Crippen LogP contribution >= 0.6 is 0 Å². The van der Waals surface area contributed by atoms with Gasteiger partial charge in [0.2, 0.25) is 5.91 Å². The van der Waals surface area contributed by atoms with Crippen LogP contribution in [-0.4, -0.2) is 15.7 Å². The first-order valence-corrected chi connectivity index (χ1v) is 4.67. The highest BCUT2D eigenvalue weighted by molar-refractivity contribution is 5.74. The van der Waals surface area contributed by atoms with E-state index in [9.17, 15) is 9.59 Å². The molecular formula is C9H14N4O2. The minimum Gasteiger partial charge on any atom is -0.294 e. The molecule has 1 rings (SSSR count). The van der Waals surface area contributed by atoms with Gasteiger partial charge in [0.1, 0.15) is 0 Å². The quantitative estimate of drug-likeness (QED) is 0.391. The molecule has 82 valence electrons. The molecule has 0 bridgehead atoms. The van der Waals surface area contributed by atoms with E-state index in [-0.39, 0.29) is 11.5 Å². The van der Waals surface area contributed by atoms with Crippen LogP contribution in [0, 0.1) is 6.92 Å². The van der Waals surface area contributed by atoms with Gasteiger partial charge in [-0.2, -0.15) is 5.10 Å². The van der Waals surface area contributed by atoms with Crippen molar-refractivity contribution in [3.63, 3.8) is 0 Å². The van der Waals surface area contributed by atoms with E-state index < -0.39 is 0 Å². The fraction of sp³-hybridized carbons (Fsp3) is 0.444. The van der Waals surface area contributed by atoms with Crippen molar-refractivity contribution in [2.45, 2.75) is 26.3 Å². The first kappa shape index (κ1) is 11.4. The smallest absolute Gasteiger partial charge is 0.266 e. The summed E-state index contributed by atoms with van der Waals surface area (Å²) >= 11 is 0. The van der Waals surface area contributed by atoms with Crippen LogP contribution in [0.5, 0.6) is 0 Å². The molecule has 0 atom stereocenters.